The average Bonchev–Trinajstić information content (AvgIpc) is 2.31. The Morgan fingerprint density at radius 2 is 2.41 bits per heavy atom. The minimum absolute atomic E-state index is 0.318. The molecule has 0 fully saturated rings. The second-order valence-corrected chi connectivity index (χ2v) is 4.39. The summed E-state index contributed by atoms with van der Waals surface area (Å²) in [6.07, 6.45) is 4.40. The third-order valence-electron chi connectivity index (χ3n) is 2.72. The summed E-state index contributed by atoms with van der Waals surface area (Å²) in [5.41, 5.74) is 1.25. The monoisotopic (exact) mass is 256 g/mol. The fraction of sp³-hybridized carbons (Fsp3) is 0.417. The zero-order valence-corrected chi connectivity index (χ0v) is 10.4. The number of aromatic nitrogens is 1. The molecule has 0 saturated heterocycles. The summed E-state index contributed by atoms with van der Waals surface area (Å²) in [5, 5.41) is 0.318. The predicted molar refractivity (Wildman–Crippen MR) is 66.0 cm³/mol. The van der Waals surface area contributed by atoms with Crippen molar-refractivity contribution in [1.82, 2.24) is 4.98 Å². The Bertz CT molecular complexity index is 437. The van der Waals surface area contributed by atoms with Crippen molar-refractivity contribution < 1.29 is 9.13 Å². The normalized spacial score (nSPS) is 15.9. The number of anilines is 1. The zero-order valence-electron chi connectivity index (χ0n) is 9.62. The molecule has 0 amide bonds. The lowest BCUT2D eigenvalue weighted by Crippen LogP contribution is -2.30. The zero-order chi connectivity index (χ0) is 12.3. The molecule has 5 heteroatoms. The Hall–Kier alpha value is -1.13. The lowest BCUT2D eigenvalue weighted by atomic mass is 10.1. The lowest BCUT2D eigenvalue weighted by Gasteiger charge is -2.27. The molecule has 2 rings (SSSR count). The molecule has 1 aromatic rings. The summed E-state index contributed by atoms with van der Waals surface area (Å²) < 4.78 is 18.7. The molecular weight excluding hydrogens is 243 g/mol. The van der Waals surface area contributed by atoms with Gasteiger partial charge in [-0.2, -0.15) is 0 Å². The quantitative estimate of drug-likeness (QED) is 0.778. The molecule has 0 saturated carbocycles. The van der Waals surface area contributed by atoms with Gasteiger partial charge in [-0.3, -0.25) is 0 Å². The van der Waals surface area contributed by atoms with Crippen LogP contribution < -0.4 is 4.90 Å². The van der Waals surface area contributed by atoms with Crippen LogP contribution in [0, 0.1) is 5.82 Å². The summed E-state index contributed by atoms with van der Waals surface area (Å²) in [5.74, 6) is -0.0109. The van der Waals surface area contributed by atoms with Gasteiger partial charge in [0.15, 0.2) is 11.6 Å². The molecule has 0 atom stereocenters. The van der Waals surface area contributed by atoms with Gasteiger partial charge in [-0.05, 0) is 18.1 Å². The maximum atomic E-state index is 13.6. The van der Waals surface area contributed by atoms with E-state index in [0.717, 1.165) is 13.0 Å². The molecule has 0 aromatic carbocycles. The van der Waals surface area contributed by atoms with Crippen LogP contribution in [-0.2, 0) is 4.74 Å². The van der Waals surface area contributed by atoms with Crippen LogP contribution in [0.25, 0.3) is 0 Å². The van der Waals surface area contributed by atoms with Gasteiger partial charge in [0, 0.05) is 26.4 Å². The number of halogens is 2. The smallest absolute Gasteiger partial charge is 0.167 e. The number of hydrogen-bond acceptors (Lipinski definition) is 3. The number of pyridine rings is 1. The fourth-order valence-electron chi connectivity index (χ4n) is 1.86. The first kappa shape index (κ1) is 12.3. The summed E-state index contributed by atoms with van der Waals surface area (Å²) in [6, 6.07) is 1.29. The lowest BCUT2D eigenvalue weighted by molar-refractivity contribution is 0.222. The standard InChI is InChI=1S/C12H14ClFN2O/c1-17-8-9-2-4-16(5-3-9)12-11(14)6-10(13)7-15-12/h2,6-7H,3-5,8H2,1H3. The minimum atomic E-state index is -0.374. The first-order valence-electron chi connectivity index (χ1n) is 5.43. The Morgan fingerprint density at radius 1 is 1.59 bits per heavy atom. The molecule has 0 spiro atoms. The van der Waals surface area contributed by atoms with Gasteiger partial charge < -0.3 is 9.64 Å². The fourth-order valence-corrected chi connectivity index (χ4v) is 2.00. The molecule has 1 aliphatic rings. The maximum absolute atomic E-state index is 13.6. The van der Waals surface area contributed by atoms with E-state index < -0.39 is 0 Å². The van der Waals surface area contributed by atoms with E-state index in [-0.39, 0.29) is 5.82 Å². The number of ether oxygens (including phenoxy) is 1. The molecule has 0 bridgehead atoms. The summed E-state index contributed by atoms with van der Waals surface area (Å²) in [6.45, 7) is 2.05. The Morgan fingerprint density at radius 3 is 3.00 bits per heavy atom. The first-order chi connectivity index (χ1) is 8.20. The van der Waals surface area contributed by atoms with Gasteiger partial charge in [0.05, 0.1) is 11.6 Å². The van der Waals surface area contributed by atoms with Crippen LogP contribution in [0.1, 0.15) is 6.42 Å². The van der Waals surface area contributed by atoms with E-state index >= 15 is 0 Å². The molecule has 0 unspecified atom stereocenters. The largest absolute Gasteiger partial charge is 0.380 e. The third kappa shape index (κ3) is 2.96. The second kappa shape index (κ2) is 5.47. The van der Waals surface area contributed by atoms with E-state index in [9.17, 15) is 4.39 Å². The van der Waals surface area contributed by atoms with E-state index in [4.69, 9.17) is 16.3 Å². The predicted octanol–water partition coefficient (Wildman–Crippen LogP) is 2.66. The number of hydrogen-bond donors (Lipinski definition) is 0. The molecule has 0 aliphatic carbocycles. The van der Waals surface area contributed by atoms with Gasteiger partial charge in [-0.25, -0.2) is 9.37 Å². The van der Waals surface area contributed by atoms with E-state index in [2.05, 4.69) is 11.1 Å². The van der Waals surface area contributed by atoms with Crippen LogP contribution in [0.3, 0.4) is 0 Å². The van der Waals surface area contributed by atoms with Crippen molar-refractivity contribution in [3.05, 3.63) is 34.8 Å². The van der Waals surface area contributed by atoms with Crippen molar-refractivity contribution in [2.45, 2.75) is 6.42 Å². The van der Waals surface area contributed by atoms with E-state index in [1.807, 2.05) is 4.90 Å². The van der Waals surface area contributed by atoms with Gasteiger partial charge in [0.1, 0.15) is 0 Å². The van der Waals surface area contributed by atoms with Gasteiger partial charge >= 0.3 is 0 Å². The van der Waals surface area contributed by atoms with E-state index in [0.29, 0.717) is 24.0 Å². The van der Waals surface area contributed by atoms with Crippen LogP contribution in [-0.4, -0.2) is 31.8 Å². The van der Waals surface area contributed by atoms with Crippen LogP contribution >= 0.6 is 11.6 Å². The first-order valence-corrected chi connectivity index (χ1v) is 5.81. The van der Waals surface area contributed by atoms with Gasteiger partial charge in [-0.15, -0.1) is 0 Å². The highest BCUT2D eigenvalue weighted by Crippen LogP contribution is 2.22. The SMILES string of the molecule is COCC1=CCN(c2ncc(Cl)cc2F)CC1. The highest BCUT2D eigenvalue weighted by atomic mass is 35.5. The molecular formula is C12H14ClFN2O. The number of nitrogens with zero attached hydrogens (tertiary/aromatic N) is 2. The van der Waals surface area contributed by atoms with Crippen molar-refractivity contribution in [2.75, 3.05) is 31.7 Å². The van der Waals surface area contributed by atoms with Gasteiger partial charge in [-0.1, -0.05) is 17.7 Å². The third-order valence-corrected chi connectivity index (χ3v) is 2.93. The molecule has 3 nitrogen and oxygen atoms in total. The van der Waals surface area contributed by atoms with Crippen LogP contribution in [0.2, 0.25) is 5.02 Å². The van der Waals surface area contributed by atoms with E-state index in [1.165, 1.54) is 17.8 Å². The Kier molecular flexibility index (Phi) is 3.97. The molecule has 1 aromatic heterocycles. The highest BCUT2D eigenvalue weighted by Gasteiger charge is 2.16. The topological polar surface area (TPSA) is 25.4 Å². The Balaban J connectivity index is 2.10. The summed E-state index contributed by atoms with van der Waals surface area (Å²) in [7, 11) is 1.67. The molecule has 17 heavy (non-hydrogen) atoms. The average molecular weight is 257 g/mol. The van der Waals surface area contributed by atoms with E-state index in [1.54, 1.807) is 7.11 Å². The van der Waals surface area contributed by atoms with Crippen molar-refractivity contribution in [1.29, 1.82) is 0 Å². The van der Waals surface area contributed by atoms with Crippen LogP contribution in [0.4, 0.5) is 10.2 Å². The molecule has 2 heterocycles. The van der Waals surface area contributed by atoms with Crippen LogP contribution in [0.5, 0.6) is 0 Å². The maximum Gasteiger partial charge on any atom is 0.167 e. The molecule has 0 radical (unpaired) electrons. The van der Waals surface area contributed by atoms with Crippen molar-refractivity contribution >= 4 is 17.4 Å². The van der Waals surface area contributed by atoms with Gasteiger partial charge in [0.25, 0.3) is 0 Å². The summed E-state index contributed by atoms with van der Waals surface area (Å²) >= 11 is 5.67. The van der Waals surface area contributed by atoms with Crippen LogP contribution in [0.15, 0.2) is 23.9 Å². The minimum Gasteiger partial charge on any atom is -0.380 e. The molecule has 1 aliphatic heterocycles. The number of methoxy groups -OCH3 is 1. The molecule has 0 N–H and O–H groups in total. The molecule has 92 valence electrons. The second-order valence-electron chi connectivity index (χ2n) is 3.95. The van der Waals surface area contributed by atoms with Crippen molar-refractivity contribution in [3.8, 4) is 0 Å². The van der Waals surface area contributed by atoms with Crippen molar-refractivity contribution in [3.63, 3.8) is 0 Å². The highest BCUT2D eigenvalue weighted by molar-refractivity contribution is 6.30. The van der Waals surface area contributed by atoms with Gasteiger partial charge in [0.2, 0.25) is 0 Å². The number of rotatable bonds is 3. The van der Waals surface area contributed by atoms with Crippen molar-refractivity contribution in [2.24, 2.45) is 0 Å². The summed E-state index contributed by atoms with van der Waals surface area (Å²) in [4.78, 5) is 5.92. The Labute approximate surface area is 105 Å².